The van der Waals surface area contributed by atoms with E-state index in [4.69, 9.17) is 5.73 Å². The third-order valence-corrected chi connectivity index (χ3v) is 5.69. The smallest absolute Gasteiger partial charge is 0.218 e. The number of sulfonamides is 1. The van der Waals surface area contributed by atoms with Crippen LogP contribution in [0.15, 0.2) is 24.3 Å². The summed E-state index contributed by atoms with van der Waals surface area (Å²) in [6.45, 7) is 0.714. The fourth-order valence-corrected chi connectivity index (χ4v) is 4.57. The maximum Gasteiger partial charge on any atom is 0.218 e. The van der Waals surface area contributed by atoms with E-state index in [9.17, 15) is 13.5 Å². The molecular formula is C14H22N2O3S. The van der Waals surface area contributed by atoms with Crippen molar-refractivity contribution in [3.8, 4) is 0 Å². The van der Waals surface area contributed by atoms with E-state index in [1.54, 1.807) is 6.07 Å². The minimum atomic E-state index is -3.41. The molecule has 0 spiro atoms. The van der Waals surface area contributed by atoms with E-state index in [1.165, 1.54) is 4.31 Å². The van der Waals surface area contributed by atoms with Crippen molar-refractivity contribution in [2.24, 2.45) is 5.73 Å². The molecule has 0 bridgehead atoms. The minimum Gasteiger partial charge on any atom is -0.395 e. The van der Waals surface area contributed by atoms with Gasteiger partial charge in [0.2, 0.25) is 10.0 Å². The number of piperidine rings is 1. The third kappa shape index (κ3) is 3.38. The van der Waals surface area contributed by atoms with Gasteiger partial charge in [0.15, 0.2) is 0 Å². The standard InChI is InChI=1S/C14H22N2O3S/c15-9-12-5-1-2-6-13(12)11-20(18,19)16-8-4-3-7-14(16)10-17/h1-2,5-6,14,17H,3-4,7-11,15H2. The van der Waals surface area contributed by atoms with Crippen molar-refractivity contribution in [1.82, 2.24) is 4.31 Å². The Morgan fingerprint density at radius 2 is 1.95 bits per heavy atom. The van der Waals surface area contributed by atoms with Gasteiger partial charge in [0.1, 0.15) is 0 Å². The van der Waals surface area contributed by atoms with Gasteiger partial charge < -0.3 is 10.8 Å². The number of nitrogens with zero attached hydrogens (tertiary/aromatic N) is 1. The van der Waals surface area contributed by atoms with Crippen LogP contribution in [0.3, 0.4) is 0 Å². The van der Waals surface area contributed by atoms with Gasteiger partial charge in [-0.3, -0.25) is 0 Å². The molecular weight excluding hydrogens is 276 g/mol. The molecule has 1 saturated heterocycles. The molecule has 0 radical (unpaired) electrons. The molecule has 1 aromatic carbocycles. The van der Waals surface area contributed by atoms with Crippen LogP contribution in [0.1, 0.15) is 30.4 Å². The Bertz CT molecular complexity index is 545. The Balaban J connectivity index is 2.22. The molecule has 1 unspecified atom stereocenters. The first kappa shape index (κ1) is 15.4. The lowest BCUT2D eigenvalue weighted by Gasteiger charge is -2.33. The zero-order chi connectivity index (χ0) is 14.6. The largest absolute Gasteiger partial charge is 0.395 e. The van der Waals surface area contributed by atoms with Crippen molar-refractivity contribution in [3.05, 3.63) is 35.4 Å². The van der Waals surface area contributed by atoms with Crippen molar-refractivity contribution < 1.29 is 13.5 Å². The van der Waals surface area contributed by atoms with Crippen molar-refractivity contribution in [2.45, 2.75) is 37.6 Å². The summed E-state index contributed by atoms with van der Waals surface area (Å²) in [5.41, 5.74) is 7.26. The Morgan fingerprint density at radius 1 is 1.25 bits per heavy atom. The predicted molar refractivity (Wildman–Crippen MR) is 78.4 cm³/mol. The van der Waals surface area contributed by atoms with Crippen molar-refractivity contribution >= 4 is 10.0 Å². The fraction of sp³-hybridized carbons (Fsp3) is 0.571. The summed E-state index contributed by atoms with van der Waals surface area (Å²) in [5, 5.41) is 9.37. The Labute approximate surface area is 120 Å². The molecule has 1 aromatic rings. The maximum atomic E-state index is 12.6. The lowest BCUT2D eigenvalue weighted by molar-refractivity contribution is 0.155. The molecule has 112 valence electrons. The van der Waals surface area contributed by atoms with Crippen molar-refractivity contribution in [1.29, 1.82) is 0 Å². The molecule has 2 rings (SSSR count). The molecule has 0 saturated carbocycles. The molecule has 20 heavy (non-hydrogen) atoms. The van der Waals surface area contributed by atoms with E-state index >= 15 is 0 Å². The minimum absolute atomic E-state index is 0.0448. The normalized spacial score (nSPS) is 21.0. The molecule has 0 aromatic heterocycles. The molecule has 1 aliphatic heterocycles. The number of aliphatic hydroxyl groups is 1. The van der Waals surface area contributed by atoms with E-state index < -0.39 is 10.0 Å². The average molecular weight is 298 g/mol. The van der Waals surface area contributed by atoms with Gasteiger partial charge in [0.05, 0.1) is 12.4 Å². The number of rotatable bonds is 5. The maximum absolute atomic E-state index is 12.6. The number of benzene rings is 1. The van der Waals surface area contributed by atoms with Crippen LogP contribution in [-0.4, -0.2) is 37.0 Å². The molecule has 1 aliphatic rings. The van der Waals surface area contributed by atoms with Crippen LogP contribution >= 0.6 is 0 Å². The summed E-state index contributed by atoms with van der Waals surface area (Å²) in [6.07, 6.45) is 2.55. The van der Waals surface area contributed by atoms with Crippen LogP contribution in [0.2, 0.25) is 0 Å². The zero-order valence-electron chi connectivity index (χ0n) is 11.5. The molecule has 3 N–H and O–H groups in total. The number of nitrogens with two attached hydrogens (primary N) is 1. The topological polar surface area (TPSA) is 83.6 Å². The lowest BCUT2D eigenvalue weighted by Crippen LogP contribution is -2.46. The van der Waals surface area contributed by atoms with Crippen molar-refractivity contribution in [2.75, 3.05) is 13.2 Å². The number of hydrogen-bond donors (Lipinski definition) is 2. The van der Waals surface area contributed by atoms with E-state index in [2.05, 4.69) is 0 Å². The highest BCUT2D eigenvalue weighted by Gasteiger charge is 2.32. The first-order valence-electron chi connectivity index (χ1n) is 6.95. The predicted octanol–water partition coefficient (Wildman–Crippen LogP) is 0.822. The third-order valence-electron chi connectivity index (χ3n) is 3.82. The van der Waals surface area contributed by atoms with E-state index in [0.717, 1.165) is 30.4 Å². The lowest BCUT2D eigenvalue weighted by atomic mass is 10.1. The van der Waals surface area contributed by atoms with Crippen LogP contribution in [0.4, 0.5) is 0 Å². The van der Waals surface area contributed by atoms with Gasteiger partial charge in [-0.05, 0) is 24.0 Å². The highest BCUT2D eigenvalue weighted by molar-refractivity contribution is 7.88. The second kappa shape index (κ2) is 6.67. The summed E-state index contributed by atoms with van der Waals surface area (Å²) in [4.78, 5) is 0. The Kier molecular flexibility index (Phi) is 5.15. The summed E-state index contributed by atoms with van der Waals surface area (Å²) in [5.74, 6) is -0.0448. The van der Waals surface area contributed by atoms with Gasteiger partial charge in [-0.2, -0.15) is 4.31 Å². The molecule has 0 amide bonds. The highest BCUT2D eigenvalue weighted by atomic mass is 32.2. The zero-order valence-corrected chi connectivity index (χ0v) is 12.3. The van der Waals surface area contributed by atoms with E-state index in [0.29, 0.717) is 13.1 Å². The van der Waals surface area contributed by atoms with Crippen LogP contribution in [0.5, 0.6) is 0 Å². The van der Waals surface area contributed by atoms with E-state index in [1.807, 2.05) is 18.2 Å². The van der Waals surface area contributed by atoms with Crippen LogP contribution in [-0.2, 0) is 22.3 Å². The number of hydrogen-bond acceptors (Lipinski definition) is 4. The summed E-state index contributed by atoms with van der Waals surface area (Å²) in [6, 6.07) is 7.06. The van der Waals surface area contributed by atoms with Gasteiger partial charge in [-0.1, -0.05) is 30.7 Å². The second-order valence-electron chi connectivity index (χ2n) is 5.17. The molecule has 1 atom stereocenters. The Morgan fingerprint density at radius 3 is 2.60 bits per heavy atom. The van der Waals surface area contributed by atoms with Gasteiger partial charge >= 0.3 is 0 Å². The monoisotopic (exact) mass is 298 g/mol. The quantitative estimate of drug-likeness (QED) is 0.843. The Hall–Kier alpha value is -0.950. The summed E-state index contributed by atoms with van der Waals surface area (Å²) in [7, 11) is -3.41. The van der Waals surface area contributed by atoms with Crippen LogP contribution in [0.25, 0.3) is 0 Å². The van der Waals surface area contributed by atoms with Crippen LogP contribution < -0.4 is 5.73 Å². The highest BCUT2D eigenvalue weighted by Crippen LogP contribution is 2.23. The fourth-order valence-electron chi connectivity index (χ4n) is 2.70. The summed E-state index contributed by atoms with van der Waals surface area (Å²) < 4.78 is 26.6. The van der Waals surface area contributed by atoms with E-state index in [-0.39, 0.29) is 18.4 Å². The van der Waals surface area contributed by atoms with Gasteiger partial charge in [0.25, 0.3) is 0 Å². The first-order chi connectivity index (χ1) is 9.58. The summed E-state index contributed by atoms with van der Waals surface area (Å²) >= 11 is 0. The molecule has 0 aliphatic carbocycles. The molecule has 6 heteroatoms. The second-order valence-corrected chi connectivity index (χ2v) is 7.09. The number of aliphatic hydroxyl groups excluding tert-OH is 1. The van der Waals surface area contributed by atoms with Gasteiger partial charge in [-0.25, -0.2) is 8.42 Å². The molecule has 1 heterocycles. The first-order valence-corrected chi connectivity index (χ1v) is 8.56. The SMILES string of the molecule is NCc1ccccc1CS(=O)(=O)N1CCCCC1CO. The molecule has 1 fully saturated rings. The van der Waals surface area contributed by atoms with Gasteiger partial charge in [0, 0.05) is 19.1 Å². The van der Waals surface area contributed by atoms with Gasteiger partial charge in [-0.15, -0.1) is 0 Å². The van der Waals surface area contributed by atoms with Crippen molar-refractivity contribution in [3.63, 3.8) is 0 Å². The van der Waals surface area contributed by atoms with Crippen LogP contribution in [0, 0.1) is 0 Å². The average Bonchev–Trinajstić information content (AvgIpc) is 2.47. The molecule has 5 nitrogen and oxygen atoms in total.